The number of nitrogens with zero attached hydrogens (tertiary/aromatic N) is 5. The molecule has 0 spiro atoms. The third kappa shape index (κ3) is 11.7. The van der Waals surface area contributed by atoms with Gasteiger partial charge in [-0.3, -0.25) is 29.5 Å². The number of hydrogen-bond donors (Lipinski definition) is 3. The van der Waals surface area contributed by atoms with Crippen LogP contribution in [0.15, 0.2) is 84.9 Å². The molecule has 2 amide bonds. The molecule has 0 aliphatic carbocycles. The Labute approximate surface area is 314 Å². The number of nitrogens with two attached hydrogens (primary N) is 1. The monoisotopic (exact) mass is 742 g/mol. The zero-order valence-corrected chi connectivity index (χ0v) is 30.8. The number of nitrogens with one attached hydrogen (secondary N) is 2. The summed E-state index contributed by atoms with van der Waals surface area (Å²) in [5.41, 5.74) is 12.5. The highest BCUT2D eigenvalue weighted by molar-refractivity contribution is 5.73. The van der Waals surface area contributed by atoms with Gasteiger partial charge >= 0.3 is 0 Å². The van der Waals surface area contributed by atoms with Crippen LogP contribution >= 0.6 is 0 Å². The van der Waals surface area contributed by atoms with Crippen LogP contribution < -0.4 is 26.2 Å². The van der Waals surface area contributed by atoms with Gasteiger partial charge in [-0.15, -0.1) is 0 Å². The summed E-state index contributed by atoms with van der Waals surface area (Å²) in [5.74, 6) is -0.682. The number of rotatable bonds is 11. The molecule has 4 N–H and O–H groups in total. The van der Waals surface area contributed by atoms with E-state index in [0.717, 1.165) is 87.1 Å². The summed E-state index contributed by atoms with van der Waals surface area (Å²) in [5, 5.41) is 16.9. The highest BCUT2D eigenvalue weighted by Gasteiger charge is 2.22. The molecule has 2 aliphatic heterocycles. The Morgan fingerprint density at radius 3 is 1.46 bits per heavy atom. The van der Waals surface area contributed by atoms with Gasteiger partial charge in [-0.2, -0.15) is 0 Å². The highest BCUT2D eigenvalue weighted by Crippen LogP contribution is 2.25. The number of nitro benzene ring substituents is 1. The minimum atomic E-state index is -0.374. The van der Waals surface area contributed by atoms with E-state index in [0.29, 0.717) is 24.2 Å². The lowest BCUT2D eigenvalue weighted by Gasteiger charge is -2.36. The Balaban J connectivity index is 0.000000208. The molecule has 6 rings (SSSR count). The predicted octanol–water partition coefficient (Wildman–Crippen LogP) is 5.06. The van der Waals surface area contributed by atoms with Gasteiger partial charge in [-0.1, -0.05) is 24.3 Å². The van der Waals surface area contributed by atoms with Gasteiger partial charge in [0.05, 0.1) is 4.92 Å². The number of nitrogen functional groups attached to an aromatic ring is 1. The van der Waals surface area contributed by atoms with Crippen LogP contribution in [-0.2, 0) is 35.8 Å². The van der Waals surface area contributed by atoms with E-state index in [2.05, 4.69) is 30.2 Å². The highest BCUT2D eigenvalue weighted by atomic mass is 19.1. The molecule has 0 aromatic heterocycles. The van der Waals surface area contributed by atoms with E-state index in [1.165, 1.54) is 44.2 Å². The first-order valence-electron chi connectivity index (χ1n) is 18.0. The molecule has 0 bridgehead atoms. The molecule has 0 saturated carbocycles. The zero-order chi connectivity index (χ0) is 38.6. The molecule has 2 fully saturated rings. The summed E-state index contributed by atoms with van der Waals surface area (Å²) in [6.45, 7) is 11.8. The first-order valence-corrected chi connectivity index (χ1v) is 18.0. The number of piperazine rings is 2. The predicted molar refractivity (Wildman–Crippen MR) is 207 cm³/mol. The van der Waals surface area contributed by atoms with Crippen molar-refractivity contribution in [3.8, 4) is 0 Å². The summed E-state index contributed by atoms with van der Waals surface area (Å²) in [6, 6.07) is 24.2. The van der Waals surface area contributed by atoms with E-state index >= 15 is 0 Å². The average Bonchev–Trinajstić information content (AvgIpc) is 3.16. The number of anilines is 3. The van der Waals surface area contributed by atoms with Crippen molar-refractivity contribution in [3.63, 3.8) is 0 Å². The molecule has 54 heavy (non-hydrogen) atoms. The fourth-order valence-electron chi connectivity index (χ4n) is 6.49. The van der Waals surface area contributed by atoms with Gasteiger partial charge in [0.25, 0.3) is 5.69 Å². The molecule has 12 nitrogen and oxygen atoms in total. The Bertz CT molecular complexity index is 1880. The van der Waals surface area contributed by atoms with E-state index in [1.54, 1.807) is 18.2 Å². The van der Waals surface area contributed by atoms with Crippen LogP contribution in [0.2, 0.25) is 0 Å². The minimum absolute atomic E-state index is 0.0494. The van der Waals surface area contributed by atoms with Gasteiger partial charge in [0, 0.05) is 121 Å². The van der Waals surface area contributed by atoms with E-state index in [9.17, 15) is 28.5 Å². The van der Waals surface area contributed by atoms with E-state index in [4.69, 9.17) is 5.73 Å². The van der Waals surface area contributed by atoms with Crippen LogP contribution in [0.5, 0.6) is 0 Å². The number of benzene rings is 4. The Morgan fingerprint density at radius 1 is 0.648 bits per heavy atom. The van der Waals surface area contributed by atoms with Gasteiger partial charge in [-0.05, 0) is 71.3 Å². The number of nitro groups is 1. The molecule has 14 heteroatoms. The molecule has 286 valence electrons. The fraction of sp³-hybridized carbons (Fsp3) is 0.350. The lowest BCUT2D eigenvalue weighted by atomic mass is 10.1. The third-order valence-corrected chi connectivity index (χ3v) is 9.56. The smallest absolute Gasteiger partial charge is 0.274 e. The third-order valence-electron chi connectivity index (χ3n) is 9.56. The maximum Gasteiger partial charge on any atom is 0.274 e. The van der Waals surface area contributed by atoms with Crippen molar-refractivity contribution in [2.75, 3.05) is 67.9 Å². The van der Waals surface area contributed by atoms with Crippen LogP contribution in [0.3, 0.4) is 0 Å². The van der Waals surface area contributed by atoms with Crippen molar-refractivity contribution in [2.45, 2.75) is 40.0 Å². The fourth-order valence-corrected chi connectivity index (χ4v) is 6.49. The van der Waals surface area contributed by atoms with Crippen molar-refractivity contribution in [1.29, 1.82) is 0 Å². The molecule has 0 atom stereocenters. The molecule has 2 heterocycles. The summed E-state index contributed by atoms with van der Waals surface area (Å²) in [4.78, 5) is 42.2. The average molecular weight is 743 g/mol. The Hall–Kier alpha value is -5.60. The standard InChI is InChI=1S/C20H23FN4O3.C20H25FN4O/c1-15(26)22-13-16-2-3-17(20(12-16)25(27)28)14-23-8-10-24(11-9-23)19-6-4-18(21)5-7-19;1-15(26)23-13-16-2-3-17(20(22)12-16)14-24-8-10-25(11-9-24)19-6-4-18(21)5-7-19/h2-7,12H,8-11,13-14H2,1H3,(H,22,26);2-7,12H,8-11,13-14,22H2,1H3,(H,23,26). The SMILES string of the molecule is CC(=O)NCc1ccc(CN2CCN(c3ccc(F)cc3)CC2)c(N)c1.CC(=O)NCc1ccc(CN2CCN(c3ccc(F)cc3)CC2)c([N+](=O)[O-])c1. The van der Waals surface area contributed by atoms with E-state index < -0.39 is 0 Å². The molecule has 0 unspecified atom stereocenters. The number of hydrogen-bond acceptors (Lipinski definition) is 9. The van der Waals surface area contributed by atoms with Crippen LogP contribution in [0.25, 0.3) is 0 Å². The van der Waals surface area contributed by atoms with Crippen LogP contribution in [-0.4, -0.2) is 78.9 Å². The van der Waals surface area contributed by atoms with Gasteiger partial charge in [-0.25, -0.2) is 8.78 Å². The maximum absolute atomic E-state index is 13.1. The number of carbonyl (C=O) groups excluding carboxylic acids is 2. The lowest BCUT2D eigenvalue weighted by Crippen LogP contribution is -2.46. The molecule has 4 aromatic carbocycles. The molecule has 2 saturated heterocycles. The van der Waals surface area contributed by atoms with Crippen molar-refractivity contribution in [1.82, 2.24) is 20.4 Å². The Kier molecular flexibility index (Phi) is 13.9. The van der Waals surface area contributed by atoms with Gasteiger partial charge in [0.15, 0.2) is 0 Å². The second-order valence-corrected chi connectivity index (χ2v) is 13.6. The summed E-state index contributed by atoms with van der Waals surface area (Å²) >= 11 is 0. The van der Waals surface area contributed by atoms with Gasteiger partial charge < -0.3 is 26.2 Å². The molecule has 4 aromatic rings. The second-order valence-electron chi connectivity index (χ2n) is 13.6. The van der Waals surface area contributed by atoms with Gasteiger partial charge in [0.1, 0.15) is 11.6 Å². The van der Waals surface area contributed by atoms with Crippen LogP contribution in [0, 0.1) is 21.7 Å². The normalized spacial score (nSPS) is 14.9. The van der Waals surface area contributed by atoms with Crippen molar-refractivity contribution in [3.05, 3.63) is 129 Å². The van der Waals surface area contributed by atoms with Gasteiger partial charge in [0.2, 0.25) is 11.8 Å². The lowest BCUT2D eigenvalue weighted by molar-refractivity contribution is -0.385. The zero-order valence-electron chi connectivity index (χ0n) is 30.8. The van der Waals surface area contributed by atoms with Crippen molar-refractivity contribution < 1.29 is 23.3 Å². The second kappa shape index (κ2) is 18.9. The molecule has 0 radical (unpaired) electrons. The quantitative estimate of drug-likeness (QED) is 0.109. The van der Waals surface area contributed by atoms with Crippen LogP contribution in [0.4, 0.5) is 31.5 Å². The summed E-state index contributed by atoms with van der Waals surface area (Å²) in [7, 11) is 0. The number of amides is 2. The summed E-state index contributed by atoms with van der Waals surface area (Å²) in [6.07, 6.45) is 0. The number of carbonyl (C=O) groups is 2. The molecule has 2 aliphatic rings. The van der Waals surface area contributed by atoms with Crippen molar-refractivity contribution >= 4 is 34.6 Å². The number of halogens is 2. The van der Waals surface area contributed by atoms with E-state index in [1.807, 2.05) is 36.4 Å². The Morgan fingerprint density at radius 2 is 1.06 bits per heavy atom. The first-order chi connectivity index (χ1) is 25.9. The molecular formula is C40H48F2N8O4. The van der Waals surface area contributed by atoms with Crippen LogP contribution in [0.1, 0.15) is 36.1 Å². The minimum Gasteiger partial charge on any atom is -0.398 e. The maximum atomic E-state index is 13.1. The molecular weight excluding hydrogens is 694 g/mol. The first kappa shape index (κ1) is 39.6. The largest absolute Gasteiger partial charge is 0.398 e. The summed E-state index contributed by atoms with van der Waals surface area (Å²) < 4.78 is 26.1. The topological polar surface area (TPSA) is 140 Å². The van der Waals surface area contributed by atoms with E-state index in [-0.39, 0.29) is 40.6 Å². The van der Waals surface area contributed by atoms with Crippen molar-refractivity contribution in [2.24, 2.45) is 0 Å².